The summed E-state index contributed by atoms with van der Waals surface area (Å²) in [5, 5.41) is 9.16. The van der Waals surface area contributed by atoms with E-state index in [4.69, 9.17) is 10.3 Å². The topological polar surface area (TPSA) is 53.5 Å². The molecule has 0 amide bonds. The molecule has 1 aliphatic heterocycles. The average molecular weight is 346 g/mol. The van der Waals surface area contributed by atoms with Crippen molar-refractivity contribution in [2.45, 2.75) is 38.6 Å². The Morgan fingerprint density at radius 3 is 2.65 bits per heavy atom. The Kier molecular flexibility index (Phi) is 3.32. The van der Waals surface area contributed by atoms with Crippen LogP contribution in [-0.2, 0) is 5.41 Å². The Balaban J connectivity index is 1.99. The maximum absolute atomic E-state index is 14.8. The lowest BCUT2D eigenvalue weighted by Crippen LogP contribution is -2.46. The van der Waals surface area contributed by atoms with Crippen molar-refractivity contribution in [1.82, 2.24) is 9.38 Å². The summed E-state index contributed by atoms with van der Waals surface area (Å²) in [4.78, 5) is 9.42. The van der Waals surface area contributed by atoms with E-state index in [2.05, 4.69) is 11.1 Å². The molecule has 0 fully saturated rings. The molecule has 4 rings (SSSR count). The van der Waals surface area contributed by atoms with Crippen LogP contribution in [-0.4, -0.2) is 20.6 Å². The van der Waals surface area contributed by atoms with Crippen molar-refractivity contribution in [2.75, 3.05) is 0 Å². The summed E-state index contributed by atoms with van der Waals surface area (Å²) in [7, 11) is 0. The Morgan fingerprint density at radius 2 is 1.92 bits per heavy atom. The molecule has 5 heteroatoms. The molecule has 0 radical (unpaired) electrons. The number of hydrogen-bond acceptors (Lipinski definition) is 3. The summed E-state index contributed by atoms with van der Waals surface area (Å²) in [6.07, 6.45) is 5.40. The van der Waals surface area contributed by atoms with Crippen molar-refractivity contribution in [1.29, 1.82) is 5.26 Å². The number of nitriles is 1. The number of aromatic nitrogens is 2. The van der Waals surface area contributed by atoms with Crippen LogP contribution in [0.25, 0.3) is 5.65 Å². The molecule has 26 heavy (non-hydrogen) atoms. The van der Waals surface area contributed by atoms with Crippen LogP contribution in [0.3, 0.4) is 0 Å². The molecule has 0 saturated heterocycles. The van der Waals surface area contributed by atoms with Crippen LogP contribution in [0.15, 0.2) is 47.8 Å². The number of hydrogen-bond donors (Lipinski definition) is 0. The minimum Gasteiger partial charge on any atom is -0.307 e. The van der Waals surface area contributed by atoms with Crippen LogP contribution >= 0.6 is 0 Å². The minimum atomic E-state index is -0.485. The van der Waals surface area contributed by atoms with Crippen LogP contribution in [0.2, 0.25) is 0 Å². The van der Waals surface area contributed by atoms with E-state index in [1.54, 1.807) is 24.5 Å². The number of benzene rings is 1. The summed E-state index contributed by atoms with van der Waals surface area (Å²) in [5.74, 6) is -0.213. The number of aliphatic imine (C=N–C) groups is 1. The highest BCUT2D eigenvalue weighted by atomic mass is 19.1. The molecule has 0 unspecified atom stereocenters. The number of halogens is 1. The van der Waals surface area contributed by atoms with E-state index >= 15 is 0 Å². The predicted octanol–water partition coefficient (Wildman–Crippen LogP) is 4.25. The zero-order chi connectivity index (χ0) is 18.7. The number of rotatable bonds is 1. The molecule has 1 aliphatic rings. The lowest BCUT2D eigenvalue weighted by Gasteiger charge is -2.44. The quantitative estimate of drug-likeness (QED) is 0.661. The third kappa shape index (κ3) is 2.12. The van der Waals surface area contributed by atoms with E-state index in [9.17, 15) is 4.39 Å². The Labute approximate surface area is 151 Å². The summed E-state index contributed by atoms with van der Waals surface area (Å²) >= 11 is 0. The van der Waals surface area contributed by atoms with Gasteiger partial charge in [-0.2, -0.15) is 5.26 Å². The maximum Gasteiger partial charge on any atom is 0.154 e. The zero-order valence-corrected chi connectivity index (χ0v) is 15.2. The highest BCUT2D eigenvalue weighted by Crippen LogP contribution is 2.44. The van der Waals surface area contributed by atoms with Gasteiger partial charge in [-0.15, -0.1) is 0 Å². The normalized spacial score (nSPS) is 17.5. The molecule has 4 nitrogen and oxygen atoms in total. The standard InChI is InChI=1S/C21H19FN4/c1-20(2)17-15(6-5-7-16(17)22)18(25-21(20,3)4)14-11-24-19-13(10-23)8-9-26(19)12-14/h5-9,11-12H,1-4H3. The van der Waals surface area contributed by atoms with E-state index in [1.807, 2.05) is 44.4 Å². The second-order valence-corrected chi connectivity index (χ2v) is 7.72. The lowest BCUT2D eigenvalue weighted by molar-refractivity contribution is 0.293. The van der Waals surface area contributed by atoms with Crippen LogP contribution in [0, 0.1) is 17.1 Å². The van der Waals surface area contributed by atoms with E-state index < -0.39 is 11.0 Å². The lowest BCUT2D eigenvalue weighted by atomic mass is 9.65. The van der Waals surface area contributed by atoms with Gasteiger partial charge in [0.25, 0.3) is 0 Å². The van der Waals surface area contributed by atoms with Gasteiger partial charge in [0.15, 0.2) is 5.65 Å². The summed E-state index contributed by atoms with van der Waals surface area (Å²) in [6, 6.07) is 9.00. The first-order chi connectivity index (χ1) is 12.3. The van der Waals surface area contributed by atoms with E-state index in [0.717, 1.165) is 16.8 Å². The van der Waals surface area contributed by atoms with Crippen LogP contribution < -0.4 is 0 Å². The number of fused-ring (bicyclic) bond motifs is 2. The van der Waals surface area contributed by atoms with Gasteiger partial charge in [-0.3, -0.25) is 4.99 Å². The fourth-order valence-corrected chi connectivity index (χ4v) is 3.56. The second kappa shape index (κ2) is 5.25. The van der Waals surface area contributed by atoms with Crippen LogP contribution in [0.4, 0.5) is 4.39 Å². The van der Waals surface area contributed by atoms with Gasteiger partial charge in [0.1, 0.15) is 11.9 Å². The summed E-state index contributed by atoms with van der Waals surface area (Å²) < 4.78 is 16.6. The fraction of sp³-hybridized carbons (Fsp3) is 0.286. The first kappa shape index (κ1) is 16.5. The minimum absolute atomic E-state index is 0.213. The smallest absolute Gasteiger partial charge is 0.154 e. The Morgan fingerprint density at radius 1 is 1.15 bits per heavy atom. The first-order valence-corrected chi connectivity index (χ1v) is 8.52. The van der Waals surface area contributed by atoms with E-state index in [1.165, 1.54) is 6.07 Å². The van der Waals surface area contributed by atoms with Crippen molar-refractivity contribution in [3.63, 3.8) is 0 Å². The van der Waals surface area contributed by atoms with Gasteiger partial charge in [0.2, 0.25) is 0 Å². The highest BCUT2D eigenvalue weighted by molar-refractivity contribution is 6.14. The predicted molar refractivity (Wildman–Crippen MR) is 99.1 cm³/mol. The van der Waals surface area contributed by atoms with E-state index in [-0.39, 0.29) is 5.82 Å². The highest BCUT2D eigenvalue weighted by Gasteiger charge is 2.45. The molecule has 3 heterocycles. The van der Waals surface area contributed by atoms with Crippen molar-refractivity contribution in [3.8, 4) is 6.07 Å². The monoisotopic (exact) mass is 346 g/mol. The Bertz CT molecular complexity index is 1110. The molecule has 1 aromatic carbocycles. The fourth-order valence-electron chi connectivity index (χ4n) is 3.56. The molecular formula is C21H19FN4. The molecule has 0 spiro atoms. The third-order valence-corrected chi connectivity index (χ3v) is 5.70. The van der Waals surface area contributed by atoms with Crippen molar-refractivity contribution in [3.05, 3.63) is 70.9 Å². The molecule has 130 valence electrons. The molecule has 2 aromatic heterocycles. The molecule has 3 aromatic rings. The Hall–Kier alpha value is -3.00. The van der Waals surface area contributed by atoms with Crippen LogP contribution in [0.5, 0.6) is 0 Å². The second-order valence-electron chi connectivity index (χ2n) is 7.72. The average Bonchev–Trinajstić information content (AvgIpc) is 3.00. The van der Waals surface area contributed by atoms with Gasteiger partial charge in [-0.25, -0.2) is 9.37 Å². The third-order valence-electron chi connectivity index (χ3n) is 5.70. The zero-order valence-electron chi connectivity index (χ0n) is 15.2. The van der Waals surface area contributed by atoms with Crippen molar-refractivity contribution >= 4 is 11.4 Å². The van der Waals surface area contributed by atoms with Crippen molar-refractivity contribution < 1.29 is 4.39 Å². The van der Waals surface area contributed by atoms with Gasteiger partial charge in [-0.05, 0) is 26.0 Å². The SMILES string of the molecule is CC1(C)N=C(c2cnc3c(C#N)ccn3c2)c2cccc(F)c2C1(C)C. The van der Waals surface area contributed by atoms with Gasteiger partial charge < -0.3 is 4.40 Å². The molecule has 0 N–H and O–H groups in total. The summed E-state index contributed by atoms with van der Waals surface area (Å²) in [5.41, 5.74) is 3.19. The van der Waals surface area contributed by atoms with Gasteiger partial charge in [-0.1, -0.05) is 26.0 Å². The van der Waals surface area contributed by atoms with Crippen LogP contribution in [0.1, 0.15) is 49.9 Å². The van der Waals surface area contributed by atoms with Gasteiger partial charge >= 0.3 is 0 Å². The summed E-state index contributed by atoms with van der Waals surface area (Å²) in [6.45, 7) is 8.11. The maximum atomic E-state index is 14.8. The van der Waals surface area contributed by atoms with E-state index in [0.29, 0.717) is 16.8 Å². The first-order valence-electron chi connectivity index (χ1n) is 8.52. The van der Waals surface area contributed by atoms with Crippen molar-refractivity contribution in [2.24, 2.45) is 4.99 Å². The molecule has 0 saturated carbocycles. The van der Waals surface area contributed by atoms with Gasteiger partial charge in [0, 0.05) is 40.7 Å². The molecule has 0 atom stereocenters. The molecular weight excluding hydrogens is 327 g/mol. The van der Waals surface area contributed by atoms with Gasteiger partial charge in [0.05, 0.1) is 16.8 Å². The number of nitrogens with zero attached hydrogens (tertiary/aromatic N) is 4. The molecule has 0 bridgehead atoms. The largest absolute Gasteiger partial charge is 0.307 e. The molecule has 0 aliphatic carbocycles.